The van der Waals surface area contributed by atoms with Crippen molar-refractivity contribution >= 4 is 28.9 Å². The number of nitriles is 1. The molecular formula is C22H20IN3O. The first-order valence-corrected chi connectivity index (χ1v) is 10.0. The lowest BCUT2D eigenvalue weighted by atomic mass is 9.99. The maximum absolute atomic E-state index is 11.5. The number of imidazole rings is 1. The number of unbranched alkanes of at least 4 members (excludes halogenated alkanes) is 1. The molecule has 0 spiro atoms. The summed E-state index contributed by atoms with van der Waals surface area (Å²) in [5.74, 6) is 0.960. The van der Waals surface area contributed by atoms with E-state index in [0.717, 1.165) is 51.8 Å². The van der Waals surface area contributed by atoms with Crippen LogP contribution in [0, 0.1) is 15.0 Å². The van der Waals surface area contributed by atoms with Crippen LogP contribution in [-0.4, -0.2) is 15.8 Å². The number of aldehydes is 1. The van der Waals surface area contributed by atoms with Crippen molar-refractivity contribution in [3.63, 3.8) is 0 Å². The Kier molecular flexibility index (Phi) is 6.40. The lowest BCUT2D eigenvalue weighted by Crippen LogP contribution is -2.09. The number of nitrogens with zero attached hydrogens (tertiary/aromatic N) is 3. The molecule has 0 aliphatic rings. The summed E-state index contributed by atoms with van der Waals surface area (Å²) < 4.78 is 2.77. The molecule has 4 nitrogen and oxygen atoms in total. The maximum Gasteiger partial charge on any atom is 0.169 e. The Hall–Kier alpha value is -2.46. The van der Waals surface area contributed by atoms with Crippen LogP contribution in [0.15, 0.2) is 48.5 Å². The van der Waals surface area contributed by atoms with Gasteiger partial charge in [0.1, 0.15) is 15.2 Å². The molecule has 0 fully saturated rings. The van der Waals surface area contributed by atoms with Crippen molar-refractivity contribution in [2.75, 3.05) is 0 Å². The zero-order valence-electron chi connectivity index (χ0n) is 15.2. The molecule has 0 unspecified atom stereocenters. The SMILES string of the molecule is CCCCc1nc(I)c(C=O)n1Cc1ccc(-c2ccccc2C#N)cc1. The molecule has 3 aromatic rings. The fourth-order valence-corrected chi connectivity index (χ4v) is 3.80. The van der Waals surface area contributed by atoms with Crippen molar-refractivity contribution in [3.05, 3.63) is 74.9 Å². The molecule has 1 heterocycles. The highest BCUT2D eigenvalue weighted by molar-refractivity contribution is 14.1. The van der Waals surface area contributed by atoms with Crippen LogP contribution in [0.4, 0.5) is 0 Å². The molecule has 0 radical (unpaired) electrons. The van der Waals surface area contributed by atoms with Gasteiger partial charge in [-0.3, -0.25) is 4.79 Å². The van der Waals surface area contributed by atoms with Crippen LogP contribution >= 0.6 is 22.6 Å². The summed E-state index contributed by atoms with van der Waals surface area (Å²) >= 11 is 2.13. The largest absolute Gasteiger partial charge is 0.320 e. The molecule has 5 heteroatoms. The fraction of sp³-hybridized carbons (Fsp3) is 0.227. The Balaban J connectivity index is 1.89. The molecule has 27 heavy (non-hydrogen) atoms. The smallest absolute Gasteiger partial charge is 0.169 e. The Morgan fingerprint density at radius 3 is 2.59 bits per heavy atom. The van der Waals surface area contributed by atoms with Crippen molar-refractivity contribution in [3.8, 4) is 17.2 Å². The van der Waals surface area contributed by atoms with Crippen molar-refractivity contribution in [2.45, 2.75) is 32.7 Å². The van der Waals surface area contributed by atoms with Gasteiger partial charge < -0.3 is 4.57 Å². The van der Waals surface area contributed by atoms with E-state index in [2.05, 4.69) is 52.7 Å². The van der Waals surface area contributed by atoms with Gasteiger partial charge in [0, 0.05) is 13.0 Å². The molecule has 136 valence electrons. The molecule has 3 rings (SSSR count). The van der Waals surface area contributed by atoms with Crippen LogP contribution in [0.5, 0.6) is 0 Å². The number of benzene rings is 2. The first-order valence-electron chi connectivity index (χ1n) is 8.96. The Bertz CT molecular complexity index is 984. The van der Waals surface area contributed by atoms with E-state index in [1.165, 1.54) is 0 Å². The summed E-state index contributed by atoms with van der Waals surface area (Å²) in [5.41, 5.74) is 4.35. The Morgan fingerprint density at radius 2 is 1.93 bits per heavy atom. The number of rotatable bonds is 7. The molecule has 0 bridgehead atoms. The number of carbonyl (C=O) groups is 1. The number of hydrogen-bond acceptors (Lipinski definition) is 3. The van der Waals surface area contributed by atoms with Crippen molar-refractivity contribution in [1.82, 2.24) is 9.55 Å². The Labute approximate surface area is 173 Å². The normalized spacial score (nSPS) is 10.6. The Morgan fingerprint density at radius 1 is 1.19 bits per heavy atom. The van der Waals surface area contributed by atoms with Crippen LogP contribution in [0.2, 0.25) is 0 Å². The van der Waals surface area contributed by atoms with E-state index in [1.54, 1.807) is 0 Å². The highest BCUT2D eigenvalue weighted by Crippen LogP contribution is 2.24. The summed E-state index contributed by atoms with van der Waals surface area (Å²) in [6, 6.07) is 18.0. The van der Waals surface area contributed by atoms with E-state index < -0.39 is 0 Å². The van der Waals surface area contributed by atoms with Crippen molar-refractivity contribution < 1.29 is 4.79 Å². The third-order valence-electron chi connectivity index (χ3n) is 4.56. The zero-order chi connectivity index (χ0) is 19.2. The topological polar surface area (TPSA) is 58.7 Å². The molecule has 0 N–H and O–H groups in total. The molecule has 0 aliphatic carbocycles. The van der Waals surface area contributed by atoms with Crippen LogP contribution in [0.25, 0.3) is 11.1 Å². The number of halogens is 1. The van der Waals surface area contributed by atoms with Crippen LogP contribution < -0.4 is 0 Å². The third kappa shape index (κ3) is 4.28. The van der Waals surface area contributed by atoms with E-state index in [4.69, 9.17) is 0 Å². The molecule has 0 atom stereocenters. The number of hydrogen-bond donors (Lipinski definition) is 0. The summed E-state index contributed by atoms with van der Waals surface area (Å²) in [6.07, 6.45) is 3.90. The predicted octanol–water partition coefficient (Wildman–Crippen LogP) is 5.23. The predicted molar refractivity (Wildman–Crippen MR) is 115 cm³/mol. The van der Waals surface area contributed by atoms with Gasteiger partial charge in [-0.1, -0.05) is 55.8 Å². The number of aromatic nitrogens is 2. The average molecular weight is 469 g/mol. The van der Waals surface area contributed by atoms with Gasteiger partial charge in [0.05, 0.1) is 11.6 Å². The minimum atomic E-state index is 0.614. The van der Waals surface area contributed by atoms with Gasteiger partial charge in [-0.2, -0.15) is 5.26 Å². The minimum absolute atomic E-state index is 0.614. The van der Waals surface area contributed by atoms with E-state index in [9.17, 15) is 10.1 Å². The molecule has 2 aromatic carbocycles. The van der Waals surface area contributed by atoms with Gasteiger partial charge in [0.25, 0.3) is 0 Å². The number of carbonyl (C=O) groups excluding carboxylic acids is 1. The van der Waals surface area contributed by atoms with E-state index >= 15 is 0 Å². The van der Waals surface area contributed by atoms with Gasteiger partial charge in [0.15, 0.2) is 6.29 Å². The average Bonchev–Trinajstić information content (AvgIpc) is 3.01. The fourth-order valence-electron chi connectivity index (χ4n) is 3.10. The quantitative estimate of drug-likeness (QED) is 0.352. The van der Waals surface area contributed by atoms with Crippen molar-refractivity contribution in [1.29, 1.82) is 5.26 Å². The lowest BCUT2D eigenvalue weighted by molar-refractivity contribution is 0.111. The second kappa shape index (κ2) is 8.96. The molecular weight excluding hydrogens is 449 g/mol. The summed E-state index contributed by atoms with van der Waals surface area (Å²) in [4.78, 5) is 16.1. The summed E-state index contributed by atoms with van der Waals surface area (Å²) in [6.45, 7) is 2.76. The number of aryl methyl sites for hydroxylation is 1. The zero-order valence-corrected chi connectivity index (χ0v) is 17.3. The van der Waals surface area contributed by atoms with Gasteiger partial charge in [0.2, 0.25) is 0 Å². The van der Waals surface area contributed by atoms with Crippen LogP contribution in [-0.2, 0) is 13.0 Å². The van der Waals surface area contributed by atoms with E-state index in [-0.39, 0.29) is 0 Å². The van der Waals surface area contributed by atoms with Gasteiger partial charge in [-0.15, -0.1) is 0 Å². The van der Waals surface area contributed by atoms with Gasteiger partial charge in [-0.05, 0) is 51.8 Å². The van der Waals surface area contributed by atoms with Crippen LogP contribution in [0.3, 0.4) is 0 Å². The van der Waals surface area contributed by atoms with Crippen molar-refractivity contribution in [2.24, 2.45) is 0 Å². The molecule has 0 saturated carbocycles. The van der Waals surface area contributed by atoms with Crippen LogP contribution in [0.1, 0.15) is 47.2 Å². The van der Waals surface area contributed by atoms with E-state index in [0.29, 0.717) is 17.8 Å². The van der Waals surface area contributed by atoms with Gasteiger partial charge in [-0.25, -0.2) is 4.98 Å². The first-order chi connectivity index (χ1) is 13.2. The molecule has 0 saturated heterocycles. The standard InChI is InChI=1S/C22H20IN3O/c1-2-3-8-21-25-22(23)20(15-27)26(21)14-16-9-11-17(12-10-16)19-7-5-4-6-18(19)13-24/h4-7,9-12,15H,2-3,8,14H2,1H3. The van der Waals surface area contributed by atoms with E-state index in [1.807, 2.05) is 41.0 Å². The molecule has 0 aliphatic heterocycles. The first kappa shape index (κ1) is 19.3. The minimum Gasteiger partial charge on any atom is -0.320 e. The maximum atomic E-state index is 11.5. The monoisotopic (exact) mass is 469 g/mol. The highest BCUT2D eigenvalue weighted by atomic mass is 127. The molecule has 1 aromatic heterocycles. The third-order valence-corrected chi connectivity index (χ3v) is 5.35. The molecule has 0 amide bonds. The second-order valence-corrected chi connectivity index (χ2v) is 7.39. The van der Waals surface area contributed by atoms with Gasteiger partial charge >= 0.3 is 0 Å². The highest BCUT2D eigenvalue weighted by Gasteiger charge is 2.15. The second-order valence-electron chi connectivity index (χ2n) is 6.37. The lowest BCUT2D eigenvalue weighted by Gasteiger charge is -2.11. The summed E-state index contributed by atoms with van der Waals surface area (Å²) in [7, 11) is 0. The summed E-state index contributed by atoms with van der Waals surface area (Å²) in [5, 5.41) is 9.30.